The van der Waals surface area contributed by atoms with Gasteiger partial charge in [-0.05, 0) is 48.9 Å². The molecule has 0 unspecified atom stereocenters. The largest absolute Gasteiger partial charge is 0.467 e. The highest BCUT2D eigenvalue weighted by atomic mass is 16.3. The fraction of sp³-hybridized carbons (Fsp3) is 0.481. The van der Waals surface area contributed by atoms with Crippen molar-refractivity contribution in [3.05, 3.63) is 59.7 Å². The van der Waals surface area contributed by atoms with E-state index in [0.29, 0.717) is 17.8 Å². The predicted molar refractivity (Wildman–Crippen MR) is 129 cm³/mol. The fourth-order valence-electron chi connectivity index (χ4n) is 5.64. The van der Waals surface area contributed by atoms with E-state index in [1.54, 1.807) is 6.26 Å². The van der Waals surface area contributed by atoms with Crippen LogP contribution in [-0.4, -0.2) is 24.3 Å². The Bertz CT molecular complexity index is 1060. The van der Waals surface area contributed by atoms with Gasteiger partial charge >= 0.3 is 0 Å². The molecular weight excluding hydrogens is 414 g/mol. The first-order valence-electron chi connectivity index (χ1n) is 12.1. The maximum absolute atomic E-state index is 13.5. The van der Waals surface area contributed by atoms with Crippen molar-refractivity contribution in [2.75, 3.05) is 16.8 Å². The van der Waals surface area contributed by atoms with Crippen molar-refractivity contribution < 1.29 is 14.0 Å². The van der Waals surface area contributed by atoms with Crippen molar-refractivity contribution in [3.8, 4) is 0 Å². The quantitative estimate of drug-likeness (QED) is 0.661. The number of para-hydroxylation sites is 2. The SMILES string of the molecule is CC1(C)CC(=O)C2=C(C1)Nc1ccccc1N(CC(=O)NC1CCCCC1)[C@@H]2c1ccco1. The van der Waals surface area contributed by atoms with E-state index in [2.05, 4.69) is 24.5 Å². The molecule has 2 aliphatic carbocycles. The number of hydrogen-bond donors (Lipinski definition) is 2. The summed E-state index contributed by atoms with van der Waals surface area (Å²) in [6.07, 6.45) is 8.52. The number of carbonyl (C=O) groups excluding carboxylic acids is 2. The molecule has 0 radical (unpaired) electrons. The Morgan fingerprint density at radius 1 is 1.12 bits per heavy atom. The Morgan fingerprint density at radius 2 is 1.91 bits per heavy atom. The topological polar surface area (TPSA) is 74.6 Å². The molecule has 2 heterocycles. The van der Waals surface area contributed by atoms with E-state index in [-0.39, 0.29) is 29.7 Å². The lowest BCUT2D eigenvalue weighted by molar-refractivity contribution is -0.121. The van der Waals surface area contributed by atoms with Crippen LogP contribution in [-0.2, 0) is 9.59 Å². The number of nitrogens with one attached hydrogen (secondary N) is 2. The summed E-state index contributed by atoms with van der Waals surface area (Å²) in [5, 5.41) is 6.81. The third-order valence-corrected chi connectivity index (χ3v) is 7.10. The maximum Gasteiger partial charge on any atom is 0.239 e. The molecule has 2 N–H and O–H groups in total. The van der Waals surface area contributed by atoms with E-state index in [1.165, 1.54) is 6.42 Å². The van der Waals surface area contributed by atoms with Gasteiger partial charge < -0.3 is 20.0 Å². The molecule has 6 nitrogen and oxygen atoms in total. The highest BCUT2D eigenvalue weighted by molar-refractivity contribution is 6.01. The van der Waals surface area contributed by atoms with Crippen molar-refractivity contribution in [2.45, 2.75) is 70.9 Å². The second kappa shape index (κ2) is 8.73. The zero-order valence-electron chi connectivity index (χ0n) is 19.5. The lowest BCUT2D eigenvalue weighted by Gasteiger charge is -2.37. The van der Waals surface area contributed by atoms with Crippen LogP contribution in [0.15, 0.2) is 58.3 Å². The van der Waals surface area contributed by atoms with Gasteiger partial charge in [0.05, 0.1) is 24.2 Å². The van der Waals surface area contributed by atoms with Gasteiger partial charge in [-0.2, -0.15) is 0 Å². The Kier molecular flexibility index (Phi) is 5.77. The number of amides is 1. The van der Waals surface area contributed by atoms with Gasteiger partial charge in [0, 0.05) is 23.7 Å². The number of fused-ring (bicyclic) bond motifs is 1. The van der Waals surface area contributed by atoms with E-state index >= 15 is 0 Å². The molecule has 0 bridgehead atoms. The van der Waals surface area contributed by atoms with E-state index in [0.717, 1.165) is 49.2 Å². The smallest absolute Gasteiger partial charge is 0.239 e. The first-order chi connectivity index (χ1) is 15.9. The average Bonchev–Trinajstić information content (AvgIpc) is 3.26. The van der Waals surface area contributed by atoms with Gasteiger partial charge in [0.2, 0.25) is 5.91 Å². The van der Waals surface area contributed by atoms with Gasteiger partial charge in [-0.25, -0.2) is 0 Å². The van der Waals surface area contributed by atoms with Crippen LogP contribution in [0.25, 0.3) is 0 Å². The zero-order valence-corrected chi connectivity index (χ0v) is 19.5. The number of anilines is 2. The Balaban J connectivity index is 1.57. The average molecular weight is 448 g/mol. The number of ketones is 1. The standard InChI is InChI=1S/C27H33N3O3/c1-27(2)15-20-25(22(31)16-27)26(23-13-8-14-33-23)30(21-12-7-6-11-19(21)29-20)17-24(32)28-18-9-4-3-5-10-18/h6-8,11-14,18,26,29H,3-5,9-10,15-17H2,1-2H3,(H,28,32)/t26-/m1/s1. The first-order valence-corrected chi connectivity index (χ1v) is 12.1. The second-order valence-corrected chi connectivity index (χ2v) is 10.4. The minimum atomic E-state index is -0.452. The number of Topliss-reactive ketones (excluding diaryl/α,β-unsaturated/α-hetero) is 1. The summed E-state index contributed by atoms with van der Waals surface area (Å²) in [7, 11) is 0. The molecule has 1 aromatic heterocycles. The molecule has 5 rings (SSSR count). The molecule has 0 spiro atoms. The summed E-state index contributed by atoms with van der Waals surface area (Å²) >= 11 is 0. The molecule has 1 saturated carbocycles. The predicted octanol–water partition coefficient (Wildman–Crippen LogP) is 5.34. The summed E-state index contributed by atoms with van der Waals surface area (Å²) in [5.41, 5.74) is 3.33. The Labute approximate surface area is 195 Å². The highest BCUT2D eigenvalue weighted by Gasteiger charge is 2.43. The lowest BCUT2D eigenvalue weighted by atomic mass is 9.74. The molecule has 33 heavy (non-hydrogen) atoms. The van der Waals surface area contributed by atoms with Crippen LogP contribution in [0.2, 0.25) is 0 Å². The number of hydrogen-bond acceptors (Lipinski definition) is 5. The fourth-order valence-corrected chi connectivity index (χ4v) is 5.64. The zero-order chi connectivity index (χ0) is 23.0. The summed E-state index contributed by atoms with van der Waals surface area (Å²) in [6, 6.07) is 11.5. The minimum Gasteiger partial charge on any atom is -0.467 e. The van der Waals surface area contributed by atoms with Gasteiger partial charge in [-0.1, -0.05) is 45.2 Å². The van der Waals surface area contributed by atoms with E-state index in [1.807, 2.05) is 41.3 Å². The van der Waals surface area contributed by atoms with Crippen LogP contribution >= 0.6 is 0 Å². The minimum absolute atomic E-state index is 0.0131. The van der Waals surface area contributed by atoms with Crippen molar-refractivity contribution in [1.29, 1.82) is 0 Å². The van der Waals surface area contributed by atoms with Crippen molar-refractivity contribution >= 4 is 23.1 Å². The molecule has 3 aliphatic rings. The van der Waals surface area contributed by atoms with Crippen LogP contribution in [0, 0.1) is 5.41 Å². The van der Waals surface area contributed by atoms with Crippen molar-refractivity contribution in [2.24, 2.45) is 5.41 Å². The monoisotopic (exact) mass is 447 g/mol. The van der Waals surface area contributed by atoms with Crippen LogP contribution in [0.4, 0.5) is 11.4 Å². The van der Waals surface area contributed by atoms with Crippen LogP contribution in [0.5, 0.6) is 0 Å². The highest BCUT2D eigenvalue weighted by Crippen LogP contribution is 2.48. The van der Waals surface area contributed by atoms with Gasteiger partial charge in [0.15, 0.2) is 5.78 Å². The third-order valence-electron chi connectivity index (χ3n) is 7.10. The van der Waals surface area contributed by atoms with E-state index < -0.39 is 6.04 Å². The summed E-state index contributed by atoms with van der Waals surface area (Å²) in [6.45, 7) is 4.42. The molecule has 1 amide bonds. The summed E-state index contributed by atoms with van der Waals surface area (Å²) in [4.78, 5) is 28.8. The number of nitrogens with zero attached hydrogens (tertiary/aromatic N) is 1. The normalized spacial score (nSPS) is 22.8. The van der Waals surface area contributed by atoms with Gasteiger partial charge in [-0.15, -0.1) is 0 Å². The van der Waals surface area contributed by atoms with Gasteiger partial charge in [0.25, 0.3) is 0 Å². The maximum atomic E-state index is 13.5. The van der Waals surface area contributed by atoms with Crippen molar-refractivity contribution in [3.63, 3.8) is 0 Å². The third kappa shape index (κ3) is 4.43. The molecule has 1 fully saturated rings. The summed E-state index contributed by atoms with van der Waals surface area (Å²) in [5.74, 6) is 0.779. The first kappa shape index (κ1) is 21.8. The van der Waals surface area contributed by atoms with E-state index in [9.17, 15) is 9.59 Å². The Morgan fingerprint density at radius 3 is 2.67 bits per heavy atom. The molecule has 1 aliphatic heterocycles. The summed E-state index contributed by atoms with van der Waals surface area (Å²) < 4.78 is 5.87. The number of carbonyl (C=O) groups is 2. The molecule has 1 atom stereocenters. The number of furan rings is 1. The number of allylic oxidation sites excluding steroid dienone is 1. The van der Waals surface area contributed by atoms with Gasteiger partial charge in [0.1, 0.15) is 11.8 Å². The van der Waals surface area contributed by atoms with Crippen LogP contribution in [0.3, 0.4) is 0 Å². The van der Waals surface area contributed by atoms with Crippen molar-refractivity contribution in [1.82, 2.24) is 5.32 Å². The molecule has 2 aromatic rings. The molecular formula is C27H33N3O3. The number of rotatable bonds is 4. The molecule has 6 heteroatoms. The Hall–Kier alpha value is -3.02. The molecule has 1 aromatic carbocycles. The van der Waals surface area contributed by atoms with Crippen LogP contribution < -0.4 is 15.5 Å². The van der Waals surface area contributed by atoms with E-state index in [4.69, 9.17) is 4.42 Å². The molecule has 0 saturated heterocycles. The van der Waals surface area contributed by atoms with Gasteiger partial charge in [-0.3, -0.25) is 9.59 Å². The number of benzene rings is 1. The second-order valence-electron chi connectivity index (χ2n) is 10.4. The molecule has 174 valence electrons. The van der Waals surface area contributed by atoms with Crippen LogP contribution in [0.1, 0.15) is 70.6 Å². The lowest BCUT2D eigenvalue weighted by Crippen LogP contribution is -2.45.